The van der Waals surface area contributed by atoms with E-state index in [0.29, 0.717) is 24.1 Å². The largest absolute Gasteiger partial charge is 0.357 e. The van der Waals surface area contributed by atoms with Gasteiger partial charge in [0.25, 0.3) is 0 Å². The van der Waals surface area contributed by atoms with Crippen molar-refractivity contribution in [1.29, 1.82) is 0 Å². The minimum atomic E-state index is -0.882. The van der Waals surface area contributed by atoms with Crippen LogP contribution >= 0.6 is 11.3 Å². The first kappa shape index (κ1) is 22.0. The first-order valence-electron chi connectivity index (χ1n) is 10.4. The summed E-state index contributed by atoms with van der Waals surface area (Å²) in [7, 11) is -0.882. The summed E-state index contributed by atoms with van der Waals surface area (Å²) in [4.78, 5) is 8.79. The summed E-state index contributed by atoms with van der Waals surface area (Å²) in [6, 6.07) is 14.7. The maximum Gasteiger partial charge on any atom is 0.191 e. The maximum atomic E-state index is 12.4. The molecule has 1 fully saturated rings. The van der Waals surface area contributed by atoms with Gasteiger partial charge in [-0.1, -0.05) is 36.4 Å². The van der Waals surface area contributed by atoms with E-state index in [2.05, 4.69) is 40.0 Å². The number of rotatable bonds is 10. The van der Waals surface area contributed by atoms with Gasteiger partial charge in [-0.2, -0.15) is 0 Å². The normalized spacial score (nSPS) is 17.2. The topological polar surface area (TPSA) is 56.7 Å². The van der Waals surface area contributed by atoms with Crippen LogP contribution in [0.2, 0.25) is 0 Å². The lowest BCUT2D eigenvalue weighted by Crippen LogP contribution is -2.40. The Morgan fingerprint density at radius 3 is 2.66 bits per heavy atom. The van der Waals surface area contributed by atoms with Crippen molar-refractivity contribution in [3.05, 3.63) is 58.3 Å². The average molecular weight is 433 g/mol. The Bertz CT molecular complexity index is 758. The molecule has 0 spiro atoms. The molecule has 0 radical (unpaired) electrons. The molecule has 0 amide bonds. The highest BCUT2D eigenvalue weighted by molar-refractivity contribution is 7.84. The predicted octanol–water partition coefficient (Wildman–Crippen LogP) is 3.39. The molecule has 0 bridgehead atoms. The lowest BCUT2D eigenvalue weighted by molar-refractivity contribution is 0.255. The van der Waals surface area contributed by atoms with Crippen LogP contribution in [0.3, 0.4) is 0 Å². The number of hydrogen-bond donors (Lipinski definition) is 2. The van der Waals surface area contributed by atoms with Gasteiger partial charge in [-0.15, -0.1) is 11.3 Å². The average Bonchev–Trinajstić information content (AvgIpc) is 3.44. The molecule has 3 rings (SSSR count). The summed E-state index contributed by atoms with van der Waals surface area (Å²) in [5, 5.41) is 8.83. The van der Waals surface area contributed by atoms with Gasteiger partial charge in [0.15, 0.2) is 5.96 Å². The molecular weight excluding hydrogens is 400 g/mol. The molecule has 1 aliphatic rings. The van der Waals surface area contributed by atoms with E-state index in [1.165, 1.54) is 17.7 Å². The zero-order valence-electron chi connectivity index (χ0n) is 17.2. The molecule has 2 unspecified atom stereocenters. The molecule has 1 aromatic heterocycles. The molecule has 0 saturated carbocycles. The predicted molar refractivity (Wildman–Crippen MR) is 125 cm³/mol. The molecule has 1 aliphatic heterocycles. The molecular formula is C22H32N4OS2. The van der Waals surface area contributed by atoms with Crippen molar-refractivity contribution >= 4 is 28.1 Å². The van der Waals surface area contributed by atoms with Crippen LogP contribution in [0.5, 0.6) is 0 Å². The Morgan fingerprint density at radius 1 is 1.17 bits per heavy atom. The van der Waals surface area contributed by atoms with Crippen molar-refractivity contribution in [3.63, 3.8) is 0 Å². The fourth-order valence-corrected chi connectivity index (χ4v) is 5.44. The van der Waals surface area contributed by atoms with E-state index in [4.69, 9.17) is 4.99 Å². The Hall–Kier alpha value is -1.70. The Balaban J connectivity index is 1.52. The lowest BCUT2D eigenvalue weighted by atomic mass is 10.2. The van der Waals surface area contributed by atoms with E-state index in [9.17, 15) is 4.21 Å². The van der Waals surface area contributed by atoms with Crippen molar-refractivity contribution in [2.75, 3.05) is 38.5 Å². The number of nitrogens with zero attached hydrogens (tertiary/aromatic N) is 2. The number of thiophene rings is 1. The second-order valence-electron chi connectivity index (χ2n) is 7.19. The first-order valence-corrected chi connectivity index (χ1v) is 12.8. The van der Waals surface area contributed by atoms with Crippen molar-refractivity contribution in [1.82, 2.24) is 15.5 Å². The van der Waals surface area contributed by atoms with Crippen molar-refractivity contribution in [2.45, 2.75) is 31.6 Å². The van der Waals surface area contributed by atoms with Gasteiger partial charge in [0.05, 0.1) is 12.6 Å². The molecule has 2 atom stereocenters. The van der Waals surface area contributed by atoms with Crippen LogP contribution in [0.25, 0.3) is 0 Å². The quantitative estimate of drug-likeness (QED) is 0.446. The molecule has 1 aromatic carbocycles. The van der Waals surface area contributed by atoms with Gasteiger partial charge in [-0.3, -0.25) is 14.1 Å². The van der Waals surface area contributed by atoms with E-state index in [0.717, 1.165) is 37.7 Å². The van der Waals surface area contributed by atoms with E-state index in [1.54, 1.807) is 0 Å². The highest BCUT2D eigenvalue weighted by atomic mass is 32.2. The second-order valence-corrected chi connectivity index (χ2v) is 9.75. The number of likely N-dealkylation sites (tertiary alicyclic amines) is 1. The third kappa shape index (κ3) is 7.24. The molecule has 2 aromatic rings. The molecule has 158 valence electrons. The number of guanidine groups is 1. The number of aliphatic imine (C=N–C) groups is 1. The smallest absolute Gasteiger partial charge is 0.191 e. The second kappa shape index (κ2) is 12.1. The number of hydrogen-bond acceptors (Lipinski definition) is 4. The summed E-state index contributed by atoms with van der Waals surface area (Å²) in [6.45, 7) is 6.58. The fraction of sp³-hybridized carbons (Fsp3) is 0.500. The first-order chi connectivity index (χ1) is 14.3. The van der Waals surface area contributed by atoms with Gasteiger partial charge in [0, 0.05) is 40.3 Å². The van der Waals surface area contributed by atoms with Crippen LogP contribution in [-0.2, 0) is 16.6 Å². The highest BCUT2D eigenvalue weighted by Crippen LogP contribution is 2.28. The maximum absolute atomic E-state index is 12.4. The van der Waals surface area contributed by atoms with Crippen LogP contribution in [0.15, 0.2) is 52.8 Å². The lowest BCUT2D eigenvalue weighted by Gasteiger charge is -2.25. The van der Waals surface area contributed by atoms with Crippen molar-refractivity contribution < 1.29 is 4.21 Å². The summed E-state index contributed by atoms with van der Waals surface area (Å²) >= 11 is 1.81. The van der Waals surface area contributed by atoms with Gasteiger partial charge in [0.2, 0.25) is 0 Å². The summed E-state index contributed by atoms with van der Waals surface area (Å²) < 4.78 is 12.4. The van der Waals surface area contributed by atoms with E-state index < -0.39 is 10.8 Å². The van der Waals surface area contributed by atoms with Crippen LogP contribution < -0.4 is 10.6 Å². The SMILES string of the molecule is CCNC(=NCC(c1cccs1)N1CCCC1)NCCS(=O)Cc1ccccc1. The Labute approximate surface area is 181 Å². The van der Waals surface area contributed by atoms with Crippen LogP contribution in [-0.4, -0.2) is 53.5 Å². The van der Waals surface area contributed by atoms with Crippen LogP contribution in [0, 0.1) is 0 Å². The van der Waals surface area contributed by atoms with E-state index in [1.807, 2.05) is 41.7 Å². The molecule has 0 aliphatic carbocycles. The zero-order valence-corrected chi connectivity index (χ0v) is 18.8. The minimum Gasteiger partial charge on any atom is -0.357 e. The van der Waals surface area contributed by atoms with Crippen LogP contribution in [0.4, 0.5) is 0 Å². The highest BCUT2D eigenvalue weighted by Gasteiger charge is 2.24. The number of benzene rings is 1. The standard InChI is InChI=1S/C22H32N4OS2/c1-2-23-22(24-12-16-29(27)18-19-9-4-3-5-10-19)25-17-20(21-11-8-15-28-21)26-13-6-7-14-26/h3-5,8-11,15,20H,2,6-7,12-14,16-18H2,1H3,(H2,23,24,25). The molecule has 29 heavy (non-hydrogen) atoms. The molecule has 5 nitrogen and oxygen atoms in total. The summed E-state index contributed by atoms with van der Waals surface area (Å²) in [5.41, 5.74) is 1.12. The molecule has 1 saturated heterocycles. The van der Waals surface area contributed by atoms with Gasteiger partial charge in [-0.05, 0) is 49.9 Å². The fourth-order valence-electron chi connectivity index (χ4n) is 3.55. The van der Waals surface area contributed by atoms with Gasteiger partial charge >= 0.3 is 0 Å². The van der Waals surface area contributed by atoms with Gasteiger partial charge < -0.3 is 10.6 Å². The molecule has 2 heterocycles. The monoisotopic (exact) mass is 432 g/mol. The van der Waals surface area contributed by atoms with Gasteiger partial charge in [0.1, 0.15) is 0 Å². The van der Waals surface area contributed by atoms with E-state index >= 15 is 0 Å². The molecule has 2 N–H and O–H groups in total. The Morgan fingerprint density at radius 2 is 1.97 bits per heavy atom. The third-order valence-corrected chi connectivity index (χ3v) is 7.30. The minimum absolute atomic E-state index is 0.347. The summed E-state index contributed by atoms with van der Waals surface area (Å²) in [5.74, 6) is 2.02. The van der Waals surface area contributed by atoms with Crippen molar-refractivity contribution in [3.8, 4) is 0 Å². The van der Waals surface area contributed by atoms with E-state index in [-0.39, 0.29) is 0 Å². The van der Waals surface area contributed by atoms with Crippen molar-refractivity contribution in [2.24, 2.45) is 4.99 Å². The number of nitrogens with one attached hydrogen (secondary N) is 2. The van der Waals surface area contributed by atoms with Gasteiger partial charge in [-0.25, -0.2) is 0 Å². The molecule has 7 heteroatoms. The zero-order chi connectivity index (χ0) is 20.3. The third-order valence-electron chi connectivity index (χ3n) is 5.01. The van der Waals surface area contributed by atoms with Crippen LogP contribution in [0.1, 0.15) is 36.2 Å². The summed E-state index contributed by atoms with van der Waals surface area (Å²) in [6.07, 6.45) is 2.55. The Kier molecular flexibility index (Phi) is 9.18.